The zero-order valence-electron chi connectivity index (χ0n) is 17.2. The number of aromatic nitrogens is 3. The number of hydrogen-bond donors (Lipinski definition) is 0. The van der Waals surface area contributed by atoms with E-state index in [1.807, 2.05) is 11.0 Å². The van der Waals surface area contributed by atoms with E-state index in [1.165, 1.54) is 24.6 Å². The summed E-state index contributed by atoms with van der Waals surface area (Å²) in [6.45, 7) is 3.12. The fourth-order valence-corrected chi connectivity index (χ4v) is 5.44. The Labute approximate surface area is 181 Å². The summed E-state index contributed by atoms with van der Waals surface area (Å²) in [6, 6.07) is 6.22. The molecule has 0 saturated carbocycles. The van der Waals surface area contributed by atoms with Crippen LogP contribution in [-0.4, -0.2) is 51.1 Å². The zero-order valence-corrected chi connectivity index (χ0v) is 18.0. The van der Waals surface area contributed by atoms with Crippen molar-refractivity contribution in [1.29, 1.82) is 0 Å². The van der Waals surface area contributed by atoms with Crippen molar-refractivity contribution >= 4 is 17.7 Å². The maximum Gasteiger partial charge on any atom is 0.233 e. The molecule has 0 N–H and O–H groups in total. The van der Waals surface area contributed by atoms with Crippen molar-refractivity contribution in [2.45, 2.75) is 62.7 Å². The highest BCUT2D eigenvalue weighted by Gasteiger charge is 2.31. The lowest BCUT2D eigenvalue weighted by molar-refractivity contribution is -0.129. The number of benzene rings is 1. The predicted octanol–water partition coefficient (Wildman–Crippen LogP) is 3.62. The van der Waals surface area contributed by atoms with Crippen molar-refractivity contribution in [3.63, 3.8) is 0 Å². The molecule has 7 nitrogen and oxygen atoms in total. The minimum atomic E-state index is 0.103. The monoisotopic (exact) mass is 428 g/mol. The number of fused-ring (bicyclic) bond motifs is 2. The molecule has 1 aromatic heterocycles. The number of nitrogens with zero attached hydrogens (tertiary/aromatic N) is 4. The molecule has 3 aliphatic heterocycles. The minimum Gasteiger partial charge on any atom is -0.490 e. The van der Waals surface area contributed by atoms with Gasteiger partial charge in [0.2, 0.25) is 5.91 Å². The van der Waals surface area contributed by atoms with Crippen LogP contribution in [0.25, 0.3) is 0 Å². The average Bonchev–Trinajstić information content (AvgIpc) is 3.24. The lowest BCUT2D eigenvalue weighted by Gasteiger charge is -2.25. The molecular formula is C22H28N4O3S. The van der Waals surface area contributed by atoms with Crippen LogP contribution in [0.15, 0.2) is 23.4 Å². The SMILES string of the molecule is O=C(CSc1nnc2n1CCCCC2)N1CCCC1c1ccc2c(c1)OCCCO2. The molecule has 1 unspecified atom stereocenters. The van der Waals surface area contributed by atoms with E-state index in [-0.39, 0.29) is 11.9 Å². The van der Waals surface area contributed by atoms with Crippen LogP contribution in [0.2, 0.25) is 0 Å². The van der Waals surface area contributed by atoms with E-state index in [4.69, 9.17) is 9.47 Å². The van der Waals surface area contributed by atoms with Gasteiger partial charge in [-0.15, -0.1) is 10.2 Å². The van der Waals surface area contributed by atoms with E-state index in [2.05, 4.69) is 26.9 Å². The Bertz CT molecular complexity index is 916. The van der Waals surface area contributed by atoms with Crippen LogP contribution in [0, 0.1) is 0 Å². The van der Waals surface area contributed by atoms with Crippen LogP contribution in [0.1, 0.15) is 56.0 Å². The summed E-state index contributed by atoms with van der Waals surface area (Å²) in [5, 5.41) is 9.57. The zero-order chi connectivity index (χ0) is 20.3. The van der Waals surface area contributed by atoms with Gasteiger partial charge in [-0.2, -0.15) is 0 Å². The van der Waals surface area contributed by atoms with Gasteiger partial charge in [-0.1, -0.05) is 24.2 Å². The summed E-state index contributed by atoms with van der Waals surface area (Å²) in [5.74, 6) is 3.23. The molecule has 1 fully saturated rings. The van der Waals surface area contributed by atoms with Crippen molar-refractivity contribution in [3.05, 3.63) is 29.6 Å². The van der Waals surface area contributed by atoms with Gasteiger partial charge in [-0.05, 0) is 43.4 Å². The van der Waals surface area contributed by atoms with Crippen LogP contribution in [0.5, 0.6) is 11.5 Å². The van der Waals surface area contributed by atoms with Gasteiger partial charge in [0.1, 0.15) is 5.82 Å². The van der Waals surface area contributed by atoms with Gasteiger partial charge in [0, 0.05) is 25.9 Å². The van der Waals surface area contributed by atoms with Crippen molar-refractivity contribution < 1.29 is 14.3 Å². The second-order valence-electron chi connectivity index (χ2n) is 8.15. The number of likely N-dealkylation sites (tertiary alicyclic amines) is 1. The van der Waals surface area contributed by atoms with E-state index in [0.717, 1.165) is 73.2 Å². The van der Waals surface area contributed by atoms with E-state index in [9.17, 15) is 4.79 Å². The summed E-state index contributed by atoms with van der Waals surface area (Å²) in [7, 11) is 0. The number of thioether (sulfide) groups is 1. The second kappa shape index (κ2) is 8.88. The number of amides is 1. The molecule has 1 saturated heterocycles. The van der Waals surface area contributed by atoms with Crippen molar-refractivity contribution in [2.24, 2.45) is 0 Å². The minimum absolute atomic E-state index is 0.103. The third kappa shape index (κ3) is 4.02. The van der Waals surface area contributed by atoms with E-state index >= 15 is 0 Å². The summed E-state index contributed by atoms with van der Waals surface area (Å²) < 4.78 is 13.8. The van der Waals surface area contributed by atoms with E-state index in [1.54, 1.807) is 0 Å². The molecule has 2 aromatic rings. The molecule has 0 spiro atoms. The summed E-state index contributed by atoms with van der Waals surface area (Å²) in [5.41, 5.74) is 1.13. The Kier molecular flexibility index (Phi) is 5.84. The maximum atomic E-state index is 13.1. The number of hydrogen-bond acceptors (Lipinski definition) is 6. The lowest BCUT2D eigenvalue weighted by Crippen LogP contribution is -2.32. The summed E-state index contributed by atoms with van der Waals surface area (Å²) in [6.07, 6.45) is 7.45. The fraction of sp³-hybridized carbons (Fsp3) is 0.591. The fourth-order valence-electron chi connectivity index (χ4n) is 4.57. The average molecular weight is 429 g/mol. The summed E-state index contributed by atoms with van der Waals surface area (Å²) in [4.78, 5) is 15.1. The number of rotatable bonds is 4. The van der Waals surface area contributed by atoms with Gasteiger partial charge >= 0.3 is 0 Å². The smallest absolute Gasteiger partial charge is 0.233 e. The first-order valence-electron chi connectivity index (χ1n) is 11.0. The molecule has 30 heavy (non-hydrogen) atoms. The molecule has 8 heteroatoms. The molecule has 1 amide bonds. The van der Waals surface area contributed by atoms with Crippen molar-refractivity contribution in [3.8, 4) is 11.5 Å². The normalized spacial score (nSPS) is 21.1. The second-order valence-corrected chi connectivity index (χ2v) is 9.09. The Hall–Kier alpha value is -2.22. The van der Waals surface area contributed by atoms with Crippen LogP contribution in [0.3, 0.4) is 0 Å². The van der Waals surface area contributed by atoms with Crippen LogP contribution in [0.4, 0.5) is 0 Å². The molecular weight excluding hydrogens is 400 g/mol. The Morgan fingerprint density at radius 1 is 1.03 bits per heavy atom. The van der Waals surface area contributed by atoms with Gasteiger partial charge in [-0.3, -0.25) is 4.79 Å². The number of aryl methyl sites for hydroxylation is 1. The molecule has 0 aliphatic carbocycles. The van der Waals surface area contributed by atoms with Gasteiger partial charge in [-0.25, -0.2) is 0 Å². The lowest BCUT2D eigenvalue weighted by atomic mass is 10.0. The molecule has 160 valence electrons. The quantitative estimate of drug-likeness (QED) is 0.693. The molecule has 1 aromatic carbocycles. The molecule has 0 bridgehead atoms. The molecule has 4 heterocycles. The van der Waals surface area contributed by atoms with Gasteiger partial charge < -0.3 is 18.9 Å². The van der Waals surface area contributed by atoms with Crippen LogP contribution in [-0.2, 0) is 17.8 Å². The highest BCUT2D eigenvalue weighted by Crippen LogP contribution is 2.38. The first-order chi connectivity index (χ1) is 14.8. The van der Waals surface area contributed by atoms with Gasteiger partial charge in [0.25, 0.3) is 0 Å². The van der Waals surface area contributed by atoms with Gasteiger partial charge in [0.15, 0.2) is 16.7 Å². The Morgan fingerprint density at radius 2 is 1.93 bits per heavy atom. The van der Waals surface area contributed by atoms with E-state index in [0.29, 0.717) is 19.0 Å². The maximum absolute atomic E-state index is 13.1. The molecule has 0 radical (unpaired) electrons. The summed E-state index contributed by atoms with van der Waals surface area (Å²) >= 11 is 1.52. The van der Waals surface area contributed by atoms with Crippen molar-refractivity contribution in [1.82, 2.24) is 19.7 Å². The standard InChI is InChI=1S/C22H28N4O3S/c27-21(15-30-22-24-23-20-7-2-1-3-10-26(20)22)25-11-4-6-17(25)16-8-9-18-19(14-16)29-13-5-12-28-18/h8-9,14,17H,1-7,10-13,15H2. The first-order valence-corrected chi connectivity index (χ1v) is 12.0. The highest BCUT2D eigenvalue weighted by molar-refractivity contribution is 7.99. The first kappa shape index (κ1) is 19.7. The predicted molar refractivity (Wildman–Crippen MR) is 114 cm³/mol. The molecule has 5 rings (SSSR count). The largest absolute Gasteiger partial charge is 0.490 e. The highest BCUT2D eigenvalue weighted by atomic mass is 32.2. The number of ether oxygens (including phenoxy) is 2. The topological polar surface area (TPSA) is 69.5 Å². The third-order valence-corrected chi connectivity index (χ3v) is 7.08. The van der Waals surface area contributed by atoms with Crippen LogP contribution < -0.4 is 9.47 Å². The van der Waals surface area contributed by atoms with E-state index < -0.39 is 0 Å². The number of carbonyl (C=O) groups is 1. The Balaban J connectivity index is 1.27. The molecule has 3 aliphatic rings. The molecule has 1 atom stereocenters. The van der Waals surface area contributed by atoms with Gasteiger partial charge in [0.05, 0.1) is 25.0 Å². The Morgan fingerprint density at radius 3 is 2.87 bits per heavy atom. The van der Waals surface area contributed by atoms with Crippen molar-refractivity contribution in [2.75, 3.05) is 25.5 Å². The third-order valence-electron chi connectivity index (χ3n) is 6.13. The number of carbonyl (C=O) groups excluding carboxylic acids is 1. The van der Waals surface area contributed by atoms with Crippen LogP contribution >= 0.6 is 11.8 Å².